The summed E-state index contributed by atoms with van der Waals surface area (Å²) in [6.45, 7) is 7.08. The molecule has 68 heavy (non-hydrogen) atoms. The van der Waals surface area contributed by atoms with Gasteiger partial charge in [0.25, 0.3) is 5.91 Å². The van der Waals surface area contributed by atoms with Crippen LogP contribution in [-0.2, 0) is 26.2 Å². The first kappa shape index (κ1) is 45.5. The third-order valence-electron chi connectivity index (χ3n) is 14.6. The summed E-state index contributed by atoms with van der Waals surface area (Å²) < 4.78 is 72.6. The van der Waals surface area contributed by atoms with Crippen LogP contribution in [0, 0.1) is 17.6 Å². The van der Waals surface area contributed by atoms with Crippen molar-refractivity contribution >= 4 is 61.6 Å². The van der Waals surface area contributed by atoms with Crippen molar-refractivity contribution in [3.8, 4) is 11.1 Å². The van der Waals surface area contributed by atoms with Crippen LogP contribution in [0.15, 0.2) is 73.1 Å². The van der Waals surface area contributed by atoms with E-state index >= 15 is 8.78 Å². The van der Waals surface area contributed by atoms with E-state index in [0.29, 0.717) is 41.0 Å². The number of piperazine rings is 1. The quantitative estimate of drug-likeness (QED) is 0.0830. The van der Waals surface area contributed by atoms with Gasteiger partial charge < -0.3 is 19.7 Å². The zero-order valence-corrected chi connectivity index (χ0v) is 38.3. The van der Waals surface area contributed by atoms with Gasteiger partial charge >= 0.3 is 0 Å². The molecule has 3 saturated heterocycles. The topological polar surface area (TPSA) is 168 Å². The molecule has 2 aromatic heterocycles. The zero-order valence-electron chi connectivity index (χ0n) is 37.5. The first-order chi connectivity index (χ1) is 32.8. The van der Waals surface area contributed by atoms with Gasteiger partial charge in [0, 0.05) is 98.1 Å². The van der Waals surface area contributed by atoms with Gasteiger partial charge in [-0.05, 0) is 123 Å². The van der Waals surface area contributed by atoms with Gasteiger partial charge in [-0.25, -0.2) is 26.6 Å². The molecule has 1 aliphatic carbocycles. The molecule has 4 fully saturated rings. The molecule has 0 bridgehead atoms. The standard InChI is InChI=1S/C50H53F3N8O6S/c51-34-5-9-37(26-34)68(66,67)57-42-12-11-41(52)45(46(42)53)47(63)40-28-55-48-39(40)25-32(27-54-48)31-3-6-35(7-4-31)59-18-15-30(16-19-59)2-1-17-58-20-22-60(23-21-58)36-8-10-38-33(24-36)29-61(50(38)65)43-13-14-44(62)56-49(43)64/h3-4,6-8,10-12,24-25,27-28,30,34,37,43,57H,1-2,5,9,13-23,26,29H2,(H,54,55)(H,56,62,64)/t34-,37?,43?/m1/s1. The van der Waals surface area contributed by atoms with Crippen molar-refractivity contribution < 1.29 is 40.8 Å². The van der Waals surface area contributed by atoms with Crippen LogP contribution < -0.4 is 19.8 Å². The second-order valence-electron chi connectivity index (χ2n) is 18.8. The molecule has 3 N–H and O–H groups in total. The summed E-state index contributed by atoms with van der Waals surface area (Å²) >= 11 is 0. The number of fused-ring (bicyclic) bond motifs is 2. The van der Waals surface area contributed by atoms with Gasteiger partial charge in [0.2, 0.25) is 27.6 Å². The number of amides is 3. The minimum absolute atomic E-state index is 0.0274. The van der Waals surface area contributed by atoms with Crippen LogP contribution >= 0.6 is 0 Å². The maximum absolute atomic E-state index is 15.8. The number of nitrogens with zero attached hydrogens (tertiary/aromatic N) is 5. The average molecular weight is 951 g/mol. The minimum Gasteiger partial charge on any atom is -0.372 e. The number of pyridine rings is 1. The Bertz CT molecular complexity index is 2900. The lowest BCUT2D eigenvalue weighted by Crippen LogP contribution is -2.52. The van der Waals surface area contributed by atoms with Crippen LogP contribution in [0.2, 0.25) is 0 Å². The number of halogens is 3. The molecule has 0 spiro atoms. The van der Waals surface area contributed by atoms with E-state index < -0.39 is 62.1 Å². The fourth-order valence-electron chi connectivity index (χ4n) is 10.7. The summed E-state index contributed by atoms with van der Waals surface area (Å²) in [5, 5.41) is 1.66. The van der Waals surface area contributed by atoms with E-state index in [2.05, 4.69) is 52.9 Å². The highest BCUT2D eigenvalue weighted by molar-refractivity contribution is 7.93. The number of hydrogen-bond donors (Lipinski definition) is 3. The number of H-pyrrole nitrogens is 1. The average Bonchev–Trinajstić information content (AvgIpc) is 4.07. The molecule has 356 valence electrons. The van der Waals surface area contributed by atoms with E-state index in [1.807, 2.05) is 24.3 Å². The molecule has 5 aliphatic rings. The van der Waals surface area contributed by atoms with Crippen molar-refractivity contribution in [2.24, 2.45) is 5.92 Å². The normalized spacial score (nSPS) is 21.7. The van der Waals surface area contributed by atoms with Crippen molar-refractivity contribution in [1.82, 2.24) is 25.1 Å². The monoisotopic (exact) mass is 950 g/mol. The van der Waals surface area contributed by atoms with Crippen molar-refractivity contribution in [1.29, 1.82) is 0 Å². The number of imide groups is 1. The molecule has 5 aromatic rings. The van der Waals surface area contributed by atoms with Gasteiger partial charge in [0.05, 0.1) is 16.5 Å². The number of sulfonamides is 1. The first-order valence-corrected chi connectivity index (χ1v) is 25.1. The van der Waals surface area contributed by atoms with Crippen LogP contribution in [0.5, 0.6) is 0 Å². The maximum Gasteiger partial charge on any atom is 0.255 e. The van der Waals surface area contributed by atoms with Gasteiger partial charge in [-0.15, -0.1) is 0 Å². The highest BCUT2D eigenvalue weighted by atomic mass is 32.2. The number of ketones is 1. The van der Waals surface area contributed by atoms with Crippen molar-refractivity contribution in [3.05, 3.63) is 107 Å². The van der Waals surface area contributed by atoms with E-state index in [-0.39, 0.29) is 43.1 Å². The van der Waals surface area contributed by atoms with Crippen molar-refractivity contribution in [2.75, 3.05) is 60.3 Å². The Morgan fingerprint density at radius 3 is 2.32 bits per heavy atom. The third-order valence-corrected chi connectivity index (χ3v) is 16.4. The molecular formula is C50H53F3N8O6S. The molecule has 3 amide bonds. The van der Waals surface area contributed by atoms with Crippen molar-refractivity contribution in [3.63, 3.8) is 0 Å². The third kappa shape index (κ3) is 9.07. The second kappa shape index (κ2) is 18.7. The zero-order chi connectivity index (χ0) is 47.3. The Hall–Kier alpha value is -6.27. The molecule has 4 aliphatic heterocycles. The minimum atomic E-state index is -4.19. The molecular weight excluding hydrogens is 898 g/mol. The Kier molecular flexibility index (Phi) is 12.5. The number of benzene rings is 3. The van der Waals surface area contributed by atoms with Crippen LogP contribution in [-0.4, -0.2) is 115 Å². The Morgan fingerprint density at radius 2 is 1.59 bits per heavy atom. The lowest BCUT2D eigenvalue weighted by Gasteiger charge is -2.37. The number of rotatable bonds is 13. The first-order valence-electron chi connectivity index (χ1n) is 23.6. The molecule has 3 aromatic carbocycles. The number of piperidine rings is 2. The second-order valence-corrected chi connectivity index (χ2v) is 20.8. The van der Waals surface area contributed by atoms with Crippen LogP contribution in [0.25, 0.3) is 22.2 Å². The number of alkyl halides is 1. The summed E-state index contributed by atoms with van der Waals surface area (Å²) in [4.78, 5) is 67.3. The lowest BCUT2D eigenvalue weighted by atomic mass is 9.91. The summed E-state index contributed by atoms with van der Waals surface area (Å²) in [6, 6.07) is 17.0. The highest BCUT2D eigenvalue weighted by Crippen LogP contribution is 2.35. The van der Waals surface area contributed by atoms with Gasteiger partial charge in [-0.2, -0.15) is 0 Å². The highest BCUT2D eigenvalue weighted by Gasteiger charge is 2.40. The van der Waals surface area contributed by atoms with Crippen LogP contribution in [0.3, 0.4) is 0 Å². The largest absolute Gasteiger partial charge is 0.372 e. The van der Waals surface area contributed by atoms with Gasteiger partial charge in [-0.1, -0.05) is 12.1 Å². The molecule has 0 radical (unpaired) electrons. The number of carbonyl (C=O) groups is 4. The Morgan fingerprint density at radius 1 is 0.838 bits per heavy atom. The molecule has 10 rings (SSSR count). The number of aromatic nitrogens is 2. The molecule has 1 saturated carbocycles. The lowest BCUT2D eigenvalue weighted by molar-refractivity contribution is -0.136. The van der Waals surface area contributed by atoms with E-state index in [4.69, 9.17) is 0 Å². The van der Waals surface area contributed by atoms with E-state index in [1.165, 1.54) is 12.6 Å². The smallest absolute Gasteiger partial charge is 0.255 e. The Balaban J connectivity index is 0.694. The van der Waals surface area contributed by atoms with Gasteiger partial charge in [0.15, 0.2) is 5.82 Å². The molecule has 2 unspecified atom stereocenters. The van der Waals surface area contributed by atoms with Gasteiger partial charge in [0.1, 0.15) is 23.7 Å². The summed E-state index contributed by atoms with van der Waals surface area (Å²) in [5.41, 5.74) is 4.11. The van der Waals surface area contributed by atoms with Gasteiger partial charge in [-0.3, -0.25) is 34.1 Å². The van der Waals surface area contributed by atoms with Crippen LogP contribution in [0.4, 0.5) is 30.2 Å². The van der Waals surface area contributed by atoms with E-state index in [1.54, 1.807) is 17.2 Å². The number of nitrogens with one attached hydrogen (secondary N) is 3. The predicted octanol–water partition coefficient (Wildman–Crippen LogP) is 6.95. The van der Waals surface area contributed by atoms with E-state index in [9.17, 15) is 32.0 Å². The molecule has 3 atom stereocenters. The molecule has 14 nitrogen and oxygen atoms in total. The number of aromatic amines is 1. The SMILES string of the molecule is O=C1CCC(N2Cc3cc(N4CCN(CCCC5CCN(c6ccc(-c7cnc8[nH]cc(C(=O)c9c(F)ccc(NS(=O)(=O)C%10CC[C@@H](F)C%10)c9F)c8c7)cc6)CC5)CC4)ccc3C2=O)C(=O)N1. The van der Waals surface area contributed by atoms with Crippen LogP contribution in [0.1, 0.15) is 89.6 Å². The Labute approximate surface area is 392 Å². The summed E-state index contributed by atoms with van der Waals surface area (Å²) in [7, 11) is -4.19. The van der Waals surface area contributed by atoms with Crippen molar-refractivity contribution in [2.45, 2.75) is 81.8 Å². The number of anilines is 3. The van der Waals surface area contributed by atoms with E-state index in [0.717, 1.165) is 99.7 Å². The molecule has 6 heterocycles. The molecule has 18 heteroatoms. The summed E-state index contributed by atoms with van der Waals surface area (Å²) in [6.07, 6.45) is 6.79. The fraction of sp³-hybridized carbons (Fsp3) is 0.420. The number of hydrogen-bond acceptors (Lipinski definition) is 10. The summed E-state index contributed by atoms with van der Waals surface area (Å²) in [5.74, 6) is -3.67. The predicted molar refractivity (Wildman–Crippen MR) is 252 cm³/mol. The number of carbonyl (C=O) groups excluding carboxylic acids is 4. The maximum atomic E-state index is 15.8. The fourth-order valence-corrected chi connectivity index (χ4v) is 12.2.